The summed E-state index contributed by atoms with van der Waals surface area (Å²) >= 11 is 0. The van der Waals surface area contributed by atoms with Crippen molar-refractivity contribution in [2.45, 2.75) is 13.8 Å². The first-order valence-electron chi connectivity index (χ1n) is 4.55. The Hall–Kier alpha value is -2.02. The molecule has 0 spiro atoms. The fourth-order valence-electron chi connectivity index (χ4n) is 0.924. The highest BCUT2D eigenvalue weighted by Gasteiger charge is 1.96. The van der Waals surface area contributed by atoms with Crippen LogP contribution >= 0.6 is 0 Å². The number of carbonyl (C=O) groups excluding carboxylic acids is 1. The van der Waals surface area contributed by atoms with Crippen LogP contribution in [0, 0.1) is 18.8 Å². The van der Waals surface area contributed by atoms with E-state index in [4.69, 9.17) is 5.73 Å². The maximum Gasteiger partial charge on any atom is 0.384 e. The van der Waals surface area contributed by atoms with Gasteiger partial charge in [-0.1, -0.05) is 0 Å². The fourth-order valence-corrected chi connectivity index (χ4v) is 0.924. The standard InChI is InChI=1S/C11H12N2O2/c1-3-15-11(14)7-5-9-4-6-10(12)8(2)13-9/h4,6H,3,12H2,1-2H3. The van der Waals surface area contributed by atoms with E-state index in [1.807, 2.05) is 0 Å². The Balaban J connectivity index is 2.80. The van der Waals surface area contributed by atoms with Gasteiger partial charge in [0.1, 0.15) is 5.69 Å². The predicted molar refractivity (Wildman–Crippen MR) is 56.9 cm³/mol. The van der Waals surface area contributed by atoms with Crippen LogP contribution < -0.4 is 5.73 Å². The largest absolute Gasteiger partial charge is 0.456 e. The van der Waals surface area contributed by atoms with E-state index < -0.39 is 5.97 Å². The van der Waals surface area contributed by atoms with E-state index in [9.17, 15) is 4.79 Å². The van der Waals surface area contributed by atoms with Gasteiger partial charge in [-0.2, -0.15) is 0 Å². The van der Waals surface area contributed by atoms with Gasteiger partial charge in [0.2, 0.25) is 0 Å². The average Bonchev–Trinajstić information content (AvgIpc) is 2.20. The second kappa shape index (κ2) is 5.01. The van der Waals surface area contributed by atoms with Gasteiger partial charge < -0.3 is 10.5 Å². The number of anilines is 1. The molecule has 1 heterocycles. The molecule has 0 bridgehead atoms. The first kappa shape index (κ1) is 11.1. The summed E-state index contributed by atoms with van der Waals surface area (Å²) in [4.78, 5) is 15.0. The minimum absolute atomic E-state index is 0.321. The van der Waals surface area contributed by atoms with E-state index >= 15 is 0 Å². The second-order valence-corrected chi connectivity index (χ2v) is 2.84. The van der Waals surface area contributed by atoms with Crippen LogP contribution in [0.4, 0.5) is 5.69 Å². The number of nitrogens with two attached hydrogens (primary N) is 1. The third-order valence-corrected chi connectivity index (χ3v) is 1.69. The van der Waals surface area contributed by atoms with Crippen molar-refractivity contribution < 1.29 is 9.53 Å². The van der Waals surface area contributed by atoms with Crippen LogP contribution in [0.2, 0.25) is 0 Å². The number of hydrogen-bond donors (Lipinski definition) is 1. The predicted octanol–water partition coefficient (Wildman–Crippen LogP) is 0.887. The number of pyridine rings is 1. The minimum atomic E-state index is -0.547. The van der Waals surface area contributed by atoms with Crippen LogP contribution in [0.3, 0.4) is 0 Å². The molecule has 4 heteroatoms. The summed E-state index contributed by atoms with van der Waals surface area (Å²) in [7, 11) is 0. The zero-order chi connectivity index (χ0) is 11.3. The Morgan fingerprint density at radius 3 is 2.93 bits per heavy atom. The molecule has 0 fully saturated rings. The molecule has 0 aliphatic heterocycles. The molecule has 0 saturated carbocycles. The number of ether oxygens (including phenoxy) is 1. The Morgan fingerprint density at radius 1 is 1.60 bits per heavy atom. The van der Waals surface area contributed by atoms with Crippen molar-refractivity contribution in [2.75, 3.05) is 12.3 Å². The van der Waals surface area contributed by atoms with Gasteiger partial charge in [-0.3, -0.25) is 0 Å². The number of hydrogen-bond acceptors (Lipinski definition) is 4. The first-order valence-corrected chi connectivity index (χ1v) is 4.55. The van der Waals surface area contributed by atoms with Crippen molar-refractivity contribution in [2.24, 2.45) is 0 Å². The second-order valence-electron chi connectivity index (χ2n) is 2.84. The van der Waals surface area contributed by atoms with Crippen molar-refractivity contribution in [3.63, 3.8) is 0 Å². The van der Waals surface area contributed by atoms with Crippen molar-refractivity contribution >= 4 is 11.7 Å². The summed E-state index contributed by atoms with van der Waals surface area (Å²) < 4.78 is 4.65. The molecule has 0 saturated heterocycles. The van der Waals surface area contributed by atoms with Crippen LogP contribution in [-0.4, -0.2) is 17.6 Å². The number of esters is 1. The molecule has 0 radical (unpaired) electrons. The van der Waals surface area contributed by atoms with Crippen molar-refractivity contribution in [3.8, 4) is 11.8 Å². The maximum absolute atomic E-state index is 10.9. The molecular weight excluding hydrogens is 192 g/mol. The van der Waals surface area contributed by atoms with E-state index in [2.05, 4.69) is 21.6 Å². The number of nitrogens with zero attached hydrogens (tertiary/aromatic N) is 1. The van der Waals surface area contributed by atoms with E-state index in [0.717, 1.165) is 0 Å². The molecule has 0 unspecified atom stereocenters. The van der Waals surface area contributed by atoms with Gasteiger partial charge in [0.15, 0.2) is 0 Å². The zero-order valence-corrected chi connectivity index (χ0v) is 8.70. The number of nitrogen functional groups attached to an aromatic ring is 1. The Morgan fingerprint density at radius 2 is 2.33 bits per heavy atom. The molecule has 78 valence electrons. The molecule has 2 N–H and O–H groups in total. The van der Waals surface area contributed by atoms with Crippen LogP contribution in [0.25, 0.3) is 0 Å². The highest BCUT2D eigenvalue weighted by molar-refractivity contribution is 5.89. The van der Waals surface area contributed by atoms with Crippen LogP contribution in [0.5, 0.6) is 0 Å². The third kappa shape index (κ3) is 3.31. The lowest BCUT2D eigenvalue weighted by Gasteiger charge is -1.97. The lowest BCUT2D eigenvalue weighted by molar-refractivity contribution is -0.136. The molecule has 0 aliphatic carbocycles. The summed E-state index contributed by atoms with van der Waals surface area (Å²) in [6.45, 7) is 3.83. The molecule has 1 aromatic rings. The third-order valence-electron chi connectivity index (χ3n) is 1.69. The number of rotatable bonds is 1. The zero-order valence-electron chi connectivity index (χ0n) is 8.70. The van der Waals surface area contributed by atoms with E-state index in [-0.39, 0.29) is 0 Å². The summed E-state index contributed by atoms with van der Waals surface area (Å²) in [5.74, 6) is 4.39. The lowest BCUT2D eigenvalue weighted by atomic mass is 10.3. The average molecular weight is 204 g/mol. The van der Waals surface area contributed by atoms with E-state index in [1.54, 1.807) is 26.0 Å². The molecular formula is C11H12N2O2. The van der Waals surface area contributed by atoms with Gasteiger partial charge in [-0.25, -0.2) is 9.78 Å². The van der Waals surface area contributed by atoms with Crippen LogP contribution in [-0.2, 0) is 9.53 Å². The maximum atomic E-state index is 10.9. The summed E-state index contributed by atoms with van der Waals surface area (Å²) in [5, 5.41) is 0. The van der Waals surface area contributed by atoms with Crippen molar-refractivity contribution in [1.29, 1.82) is 0 Å². The molecule has 1 aromatic heterocycles. The lowest BCUT2D eigenvalue weighted by Crippen LogP contribution is -2.00. The fraction of sp³-hybridized carbons (Fsp3) is 0.273. The Kier molecular flexibility index (Phi) is 3.69. The molecule has 0 atom stereocenters. The Bertz CT molecular complexity index is 430. The van der Waals surface area contributed by atoms with Gasteiger partial charge in [-0.15, -0.1) is 0 Å². The van der Waals surface area contributed by atoms with Gasteiger partial charge in [-0.05, 0) is 31.9 Å². The van der Waals surface area contributed by atoms with Crippen LogP contribution in [0.1, 0.15) is 18.3 Å². The molecule has 0 aliphatic rings. The Labute approximate surface area is 88.5 Å². The van der Waals surface area contributed by atoms with E-state index in [1.165, 1.54) is 0 Å². The molecule has 0 aromatic carbocycles. The number of carbonyl (C=O) groups is 1. The van der Waals surface area contributed by atoms with E-state index in [0.29, 0.717) is 23.7 Å². The van der Waals surface area contributed by atoms with Gasteiger partial charge in [0.25, 0.3) is 0 Å². The number of aromatic nitrogens is 1. The smallest absolute Gasteiger partial charge is 0.384 e. The van der Waals surface area contributed by atoms with Crippen molar-refractivity contribution in [1.82, 2.24) is 4.98 Å². The van der Waals surface area contributed by atoms with Crippen LogP contribution in [0.15, 0.2) is 12.1 Å². The van der Waals surface area contributed by atoms with Gasteiger partial charge in [0.05, 0.1) is 18.0 Å². The quantitative estimate of drug-likeness (QED) is 0.545. The van der Waals surface area contributed by atoms with Crippen molar-refractivity contribution in [3.05, 3.63) is 23.5 Å². The summed E-state index contributed by atoms with van der Waals surface area (Å²) in [5.41, 5.74) is 7.41. The molecule has 1 rings (SSSR count). The first-order chi connectivity index (χ1) is 7.13. The van der Waals surface area contributed by atoms with Gasteiger partial charge in [0, 0.05) is 5.92 Å². The molecule has 4 nitrogen and oxygen atoms in total. The minimum Gasteiger partial charge on any atom is -0.456 e. The molecule has 15 heavy (non-hydrogen) atoms. The summed E-state index contributed by atoms with van der Waals surface area (Å²) in [6.07, 6.45) is 0. The summed E-state index contributed by atoms with van der Waals surface area (Å²) in [6, 6.07) is 3.37. The molecule has 0 amide bonds. The SMILES string of the molecule is CCOC(=O)C#Cc1ccc(N)c(C)n1. The monoisotopic (exact) mass is 204 g/mol. The highest BCUT2D eigenvalue weighted by atomic mass is 16.5. The highest BCUT2D eigenvalue weighted by Crippen LogP contribution is 2.06. The number of aryl methyl sites for hydroxylation is 1. The van der Waals surface area contributed by atoms with Gasteiger partial charge >= 0.3 is 5.97 Å². The topological polar surface area (TPSA) is 65.2 Å². The normalized spacial score (nSPS) is 8.93.